The van der Waals surface area contributed by atoms with Crippen molar-refractivity contribution < 1.29 is 27.4 Å². The summed E-state index contributed by atoms with van der Waals surface area (Å²) >= 11 is 0. The first kappa shape index (κ1) is 27.4. The van der Waals surface area contributed by atoms with Gasteiger partial charge in [0.05, 0.1) is 6.10 Å². The monoisotopic (exact) mass is 516 g/mol. The van der Waals surface area contributed by atoms with Gasteiger partial charge in [0.25, 0.3) is 0 Å². The van der Waals surface area contributed by atoms with Gasteiger partial charge in [-0.2, -0.15) is 4.39 Å². The quantitative estimate of drug-likeness (QED) is 0.282. The van der Waals surface area contributed by atoms with Gasteiger partial charge in [-0.05, 0) is 105 Å². The van der Waals surface area contributed by atoms with E-state index in [9.17, 15) is 13.9 Å². The zero-order valence-corrected chi connectivity index (χ0v) is 21.4. The number of hydrogen-bond acceptors (Lipinski definition) is 2. The summed E-state index contributed by atoms with van der Waals surface area (Å²) in [5.74, 6) is -3.26. The third-order valence-electron chi connectivity index (χ3n) is 8.23. The number of allylic oxidation sites excluding steroid dienone is 1. The average molecular weight is 517 g/mol. The number of aliphatic hydroxyl groups excluding tert-OH is 1. The second-order valence-corrected chi connectivity index (χ2v) is 10.6. The Morgan fingerprint density at radius 1 is 0.838 bits per heavy atom. The van der Waals surface area contributed by atoms with Crippen LogP contribution in [0, 0.1) is 35.1 Å². The summed E-state index contributed by atoms with van der Waals surface area (Å²) < 4.78 is 64.0. The van der Waals surface area contributed by atoms with E-state index in [1.54, 1.807) is 25.1 Å². The van der Waals surface area contributed by atoms with Gasteiger partial charge in [-0.1, -0.05) is 36.9 Å². The Morgan fingerprint density at radius 2 is 1.41 bits per heavy atom. The second kappa shape index (κ2) is 12.3. The van der Waals surface area contributed by atoms with E-state index in [0.29, 0.717) is 24.0 Å². The van der Waals surface area contributed by atoms with Crippen LogP contribution in [0.25, 0.3) is 6.08 Å². The van der Waals surface area contributed by atoms with Crippen molar-refractivity contribution in [3.8, 4) is 5.75 Å². The van der Waals surface area contributed by atoms with Gasteiger partial charge in [-0.3, -0.25) is 0 Å². The van der Waals surface area contributed by atoms with Crippen LogP contribution in [0.4, 0.5) is 17.6 Å². The van der Waals surface area contributed by atoms with Crippen molar-refractivity contribution in [2.24, 2.45) is 11.8 Å². The standard InChI is InChI=1S/C31H36F4O2/c1-3-18-37-27-17-14-24(28(32)31(27)35)9-6-20-4-7-22(8-5-20)25-15-16-26(30(34)29(25)33)23-12-10-21(11-13-23)19(2)36/h3,6,9,14-17,19-23,36H,1,4-5,7-8,10-13,18H2,2H3/b9-6+. The molecule has 200 valence electrons. The van der Waals surface area contributed by atoms with Crippen LogP contribution in [0.15, 0.2) is 43.0 Å². The molecule has 0 aromatic heterocycles. The minimum absolute atomic E-state index is 0.00716. The number of ether oxygens (including phenoxy) is 1. The first-order chi connectivity index (χ1) is 17.8. The van der Waals surface area contributed by atoms with Gasteiger partial charge in [-0.15, -0.1) is 0 Å². The lowest BCUT2D eigenvalue weighted by molar-refractivity contribution is 0.0963. The molecule has 2 nitrogen and oxygen atoms in total. The van der Waals surface area contributed by atoms with Crippen molar-refractivity contribution in [2.45, 2.75) is 76.2 Å². The highest BCUT2D eigenvalue weighted by molar-refractivity contribution is 5.52. The van der Waals surface area contributed by atoms with Gasteiger partial charge in [0.2, 0.25) is 5.82 Å². The predicted octanol–water partition coefficient (Wildman–Crippen LogP) is 8.45. The molecule has 2 aliphatic rings. The van der Waals surface area contributed by atoms with E-state index in [-0.39, 0.29) is 47.7 Å². The van der Waals surface area contributed by atoms with E-state index in [2.05, 4.69) is 6.58 Å². The highest BCUT2D eigenvalue weighted by Crippen LogP contribution is 2.42. The smallest absolute Gasteiger partial charge is 0.201 e. The topological polar surface area (TPSA) is 29.5 Å². The summed E-state index contributed by atoms with van der Waals surface area (Å²) in [4.78, 5) is 0. The molecule has 0 amide bonds. The number of hydrogen-bond donors (Lipinski definition) is 1. The maximum absolute atomic E-state index is 15.1. The van der Waals surface area contributed by atoms with Crippen LogP contribution < -0.4 is 4.74 Å². The van der Waals surface area contributed by atoms with Crippen LogP contribution >= 0.6 is 0 Å². The third-order valence-corrected chi connectivity index (χ3v) is 8.23. The molecule has 0 aliphatic heterocycles. The van der Waals surface area contributed by atoms with Gasteiger partial charge >= 0.3 is 0 Å². The highest BCUT2D eigenvalue weighted by Gasteiger charge is 2.30. The predicted molar refractivity (Wildman–Crippen MR) is 139 cm³/mol. The fourth-order valence-electron chi connectivity index (χ4n) is 5.92. The van der Waals surface area contributed by atoms with E-state index in [0.717, 1.165) is 38.5 Å². The third kappa shape index (κ3) is 6.28. The molecule has 2 fully saturated rings. The Hall–Kier alpha value is -2.60. The summed E-state index contributed by atoms with van der Waals surface area (Å²) in [5, 5.41) is 9.81. The molecule has 0 heterocycles. The van der Waals surface area contributed by atoms with Crippen LogP contribution in [0.2, 0.25) is 0 Å². The summed E-state index contributed by atoms with van der Waals surface area (Å²) in [6.45, 7) is 5.37. The van der Waals surface area contributed by atoms with Crippen molar-refractivity contribution in [3.63, 3.8) is 0 Å². The number of aliphatic hydroxyl groups is 1. The molecule has 0 spiro atoms. The summed E-state index contributed by atoms with van der Waals surface area (Å²) in [7, 11) is 0. The molecule has 2 saturated carbocycles. The van der Waals surface area contributed by atoms with E-state index in [1.807, 2.05) is 6.08 Å². The first-order valence-corrected chi connectivity index (χ1v) is 13.4. The van der Waals surface area contributed by atoms with Crippen molar-refractivity contribution in [1.29, 1.82) is 0 Å². The average Bonchev–Trinajstić information content (AvgIpc) is 2.91. The second-order valence-electron chi connectivity index (χ2n) is 10.6. The molecule has 2 aromatic carbocycles. The van der Waals surface area contributed by atoms with Crippen molar-refractivity contribution in [3.05, 3.63) is 83.0 Å². The Kier molecular flexibility index (Phi) is 9.12. The Bertz CT molecular complexity index is 1110. The first-order valence-electron chi connectivity index (χ1n) is 13.4. The molecule has 1 atom stereocenters. The van der Waals surface area contributed by atoms with E-state index in [4.69, 9.17) is 4.74 Å². The molecule has 6 heteroatoms. The van der Waals surface area contributed by atoms with Crippen molar-refractivity contribution in [1.82, 2.24) is 0 Å². The van der Waals surface area contributed by atoms with Gasteiger partial charge < -0.3 is 9.84 Å². The molecule has 4 rings (SSSR count). The SMILES string of the molecule is C=CCOc1ccc(/C=C/C2CCC(c3ccc(C4CCC(C(C)O)CC4)c(F)c3F)CC2)c(F)c1F. The van der Waals surface area contributed by atoms with Gasteiger partial charge in [0.15, 0.2) is 23.2 Å². The minimum Gasteiger partial charge on any atom is -0.486 e. The Morgan fingerprint density at radius 3 is 1.95 bits per heavy atom. The fourth-order valence-corrected chi connectivity index (χ4v) is 5.92. The fraction of sp³-hybridized carbons (Fsp3) is 0.484. The van der Waals surface area contributed by atoms with E-state index in [1.165, 1.54) is 18.2 Å². The molecular weight excluding hydrogens is 480 g/mol. The lowest BCUT2D eigenvalue weighted by Gasteiger charge is -2.31. The lowest BCUT2D eigenvalue weighted by Crippen LogP contribution is -2.23. The maximum Gasteiger partial charge on any atom is 0.201 e. The van der Waals surface area contributed by atoms with Crippen LogP contribution in [0.3, 0.4) is 0 Å². The summed E-state index contributed by atoms with van der Waals surface area (Å²) in [6.07, 6.45) is 10.7. The van der Waals surface area contributed by atoms with Crippen LogP contribution in [-0.2, 0) is 0 Å². The molecule has 0 radical (unpaired) electrons. The number of halogens is 4. The van der Waals surface area contributed by atoms with E-state index >= 15 is 8.78 Å². The van der Waals surface area contributed by atoms with Crippen LogP contribution in [0.5, 0.6) is 5.75 Å². The van der Waals surface area contributed by atoms with Gasteiger partial charge in [0, 0.05) is 5.56 Å². The van der Waals surface area contributed by atoms with E-state index < -0.39 is 23.3 Å². The lowest BCUT2D eigenvalue weighted by atomic mass is 9.75. The zero-order valence-electron chi connectivity index (χ0n) is 21.4. The Balaban J connectivity index is 1.36. The number of benzene rings is 2. The zero-order chi connectivity index (χ0) is 26.5. The number of rotatable bonds is 8. The molecule has 0 bridgehead atoms. The largest absolute Gasteiger partial charge is 0.486 e. The molecule has 37 heavy (non-hydrogen) atoms. The highest BCUT2D eigenvalue weighted by atomic mass is 19.2. The minimum atomic E-state index is -1.02. The normalized spacial score (nSPS) is 25.2. The van der Waals surface area contributed by atoms with Crippen LogP contribution in [0.1, 0.15) is 86.8 Å². The van der Waals surface area contributed by atoms with Gasteiger partial charge in [0.1, 0.15) is 6.61 Å². The molecule has 1 unspecified atom stereocenters. The molecule has 0 saturated heterocycles. The molecular formula is C31H36F4O2. The summed E-state index contributed by atoms with van der Waals surface area (Å²) in [5.41, 5.74) is 1.04. The van der Waals surface area contributed by atoms with Crippen molar-refractivity contribution >= 4 is 6.08 Å². The van der Waals surface area contributed by atoms with Crippen LogP contribution in [-0.4, -0.2) is 17.8 Å². The summed E-state index contributed by atoms with van der Waals surface area (Å²) in [6, 6.07) is 6.39. The molecule has 2 aliphatic carbocycles. The molecule has 1 N–H and O–H groups in total. The van der Waals surface area contributed by atoms with Crippen molar-refractivity contribution in [2.75, 3.05) is 6.61 Å². The van der Waals surface area contributed by atoms with Gasteiger partial charge in [-0.25, -0.2) is 13.2 Å². The Labute approximate surface area is 217 Å². The molecule has 2 aromatic rings. The maximum atomic E-state index is 15.1.